The number of carbonyl (C=O) groups is 2. The average Bonchev–Trinajstić information content (AvgIpc) is 2.35. The molecule has 0 saturated carbocycles. The normalized spacial score (nSPS) is 11.3. The maximum Gasteiger partial charge on any atom is 0.325 e. The second kappa shape index (κ2) is 6.66. The van der Waals surface area contributed by atoms with Crippen molar-refractivity contribution >= 4 is 21.8 Å². The molecular formula is C13H19N3O4S. The van der Waals surface area contributed by atoms with Gasteiger partial charge in [0, 0.05) is 25.4 Å². The highest BCUT2D eigenvalue weighted by Gasteiger charge is 2.27. The Hall–Kier alpha value is -1.96. The molecule has 3 amide bonds. The fourth-order valence-corrected chi connectivity index (χ4v) is 3.19. The van der Waals surface area contributed by atoms with Crippen LogP contribution in [0.4, 0.5) is 4.79 Å². The Labute approximate surface area is 124 Å². The van der Waals surface area contributed by atoms with Gasteiger partial charge in [0.05, 0.1) is 4.90 Å². The van der Waals surface area contributed by atoms with Crippen LogP contribution < -0.4 is 5.32 Å². The molecule has 0 unspecified atom stereocenters. The van der Waals surface area contributed by atoms with Crippen LogP contribution in [-0.4, -0.2) is 42.2 Å². The molecule has 1 rings (SSSR count). The second-order valence-electron chi connectivity index (χ2n) is 4.94. The number of amides is 3. The lowest BCUT2D eigenvalue weighted by Gasteiger charge is -2.21. The number of nitrogens with one attached hydrogen (secondary N) is 1. The Balaban J connectivity index is 3.07. The highest BCUT2D eigenvalue weighted by Crippen LogP contribution is 2.16. The number of nitrogens with zero attached hydrogens (tertiary/aromatic N) is 2. The summed E-state index contributed by atoms with van der Waals surface area (Å²) >= 11 is 0. The Morgan fingerprint density at radius 1 is 1.38 bits per heavy atom. The van der Waals surface area contributed by atoms with Crippen LogP contribution in [0.3, 0.4) is 0 Å². The van der Waals surface area contributed by atoms with Crippen LogP contribution in [0.1, 0.15) is 26.3 Å². The van der Waals surface area contributed by atoms with Gasteiger partial charge in [0.25, 0.3) is 0 Å². The smallest absolute Gasteiger partial charge is 0.325 e. The van der Waals surface area contributed by atoms with Crippen molar-refractivity contribution in [3.05, 3.63) is 24.0 Å². The summed E-state index contributed by atoms with van der Waals surface area (Å²) in [5.41, 5.74) is 0.512. The lowest BCUT2D eigenvalue weighted by Crippen LogP contribution is -2.47. The number of hydrogen-bond acceptors (Lipinski definition) is 5. The molecule has 8 heteroatoms. The number of sulfone groups is 1. The highest BCUT2D eigenvalue weighted by molar-refractivity contribution is 7.91. The second-order valence-corrected chi connectivity index (χ2v) is 6.86. The van der Waals surface area contributed by atoms with Crippen molar-refractivity contribution in [2.75, 3.05) is 5.88 Å². The lowest BCUT2D eigenvalue weighted by molar-refractivity contribution is -0.125. The number of aryl methyl sites for hydroxylation is 1. The van der Waals surface area contributed by atoms with Crippen LogP contribution in [0.25, 0.3) is 0 Å². The minimum absolute atomic E-state index is 0.00796. The summed E-state index contributed by atoms with van der Waals surface area (Å²) < 4.78 is 24.7. The maximum absolute atomic E-state index is 12.3. The van der Waals surface area contributed by atoms with Crippen LogP contribution in [0.5, 0.6) is 0 Å². The third-order valence-electron chi connectivity index (χ3n) is 2.66. The molecule has 0 aliphatic carbocycles. The minimum Gasteiger partial charge on any atom is -0.335 e. The van der Waals surface area contributed by atoms with Gasteiger partial charge in [-0.1, -0.05) is 0 Å². The number of hydrogen-bond donors (Lipinski definition) is 1. The van der Waals surface area contributed by atoms with Crippen LogP contribution in [0.2, 0.25) is 0 Å². The van der Waals surface area contributed by atoms with Crippen molar-refractivity contribution in [3.63, 3.8) is 0 Å². The molecule has 0 aliphatic heterocycles. The predicted molar refractivity (Wildman–Crippen MR) is 77.2 cm³/mol. The number of urea groups is 1. The van der Waals surface area contributed by atoms with E-state index in [0.29, 0.717) is 10.5 Å². The molecule has 0 spiro atoms. The molecule has 1 N–H and O–H groups in total. The standard InChI is InChI=1S/C13H19N3O4S/c1-9(2)15-13(18)16(11(4)17)8-21(19,20)12-7-14-6-5-10(12)3/h5-7,9H,8H2,1-4H3,(H,15,18). The summed E-state index contributed by atoms with van der Waals surface area (Å²) in [7, 11) is -3.83. The van der Waals surface area contributed by atoms with E-state index in [1.807, 2.05) is 0 Å². The average molecular weight is 313 g/mol. The first-order valence-corrected chi connectivity index (χ1v) is 8.02. The number of imide groups is 1. The van der Waals surface area contributed by atoms with E-state index >= 15 is 0 Å². The molecule has 0 atom stereocenters. The zero-order valence-electron chi connectivity index (χ0n) is 12.5. The van der Waals surface area contributed by atoms with Gasteiger partial charge in [0.1, 0.15) is 5.88 Å². The summed E-state index contributed by atoms with van der Waals surface area (Å²) in [6, 6.07) is 0.615. The Bertz CT molecular complexity index is 641. The van der Waals surface area contributed by atoms with Crippen molar-refractivity contribution in [3.8, 4) is 0 Å². The first-order chi connectivity index (χ1) is 9.65. The van der Waals surface area contributed by atoms with Gasteiger partial charge in [0.15, 0.2) is 9.84 Å². The fraction of sp³-hybridized carbons (Fsp3) is 0.462. The van der Waals surface area contributed by atoms with Gasteiger partial charge < -0.3 is 5.32 Å². The van der Waals surface area contributed by atoms with Gasteiger partial charge in [0.2, 0.25) is 5.91 Å². The summed E-state index contributed by atoms with van der Waals surface area (Å²) in [5.74, 6) is -1.36. The predicted octanol–water partition coefficient (Wildman–Crippen LogP) is 1.09. The monoisotopic (exact) mass is 313 g/mol. The fourth-order valence-electron chi connectivity index (χ4n) is 1.63. The van der Waals surface area contributed by atoms with E-state index < -0.39 is 27.7 Å². The molecule has 0 aromatic carbocycles. The van der Waals surface area contributed by atoms with Crippen molar-refractivity contribution in [1.29, 1.82) is 0 Å². The van der Waals surface area contributed by atoms with E-state index in [0.717, 1.165) is 6.92 Å². The van der Waals surface area contributed by atoms with Gasteiger partial charge >= 0.3 is 6.03 Å². The Morgan fingerprint density at radius 3 is 2.48 bits per heavy atom. The molecule has 0 saturated heterocycles. The van der Waals surface area contributed by atoms with Gasteiger partial charge in [-0.2, -0.15) is 0 Å². The Kier molecular flexibility index (Phi) is 5.42. The highest BCUT2D eigenvalue weighted by atomic mass is 32.2. The maximum atomic E-state index is 12.3. The number of aromatic nitrogens is 1. The molecule has 7 nitrogen and oxygen atoms in total. The van der Waals surface area contributed by atoms with Crippen molar-refractivity contribution in [2.24, 2.45) is 0 Å². The SMILES string of the molecule is CC(=O)N(CS(=O)(=O)c1cnccc1C)C(=O)NC(C)C. The molecular weight excluding hydrogens is 294 g/mol. The van der Waals surface area contributed by atoms with E-state index in [2.05, 4.69) is 10.3 Å². The molecule has 1 heterocycles. The third-order valence-corrected chi connectivity index (χ3v) is 4.36. The van der Waals surface area contributed by atoms with Gasteiger partial charge in [-0.3, -0.25) is 9.78 Å². The van der Waals surface area contributed by atoms with Gasteiger partial charge in [-0.05, 0) is 32.4 Å². The molecule has 0 fully saturated rings. The minimum atomic E-state index is -3.83. The number of carbonyl (C=O) groups excluding carboxylic acids is 2. The van der Waals surface area contributed by atoms with Crippen molar-refractivity contribution < 1.29 is 18.0 Å². The number of pyridine rings is 1. The molecule has 116 valence electrons. The van der Waals surface area contributed by atoms with E-state index in [1.54, 1.807) is 26.8 Å². The molecule has 0 bridgehead atoms. The van der Waals surface area contributed by atoms with Crippen LogP contribution in [0, 0.1) is 6.92 Å². The zero-order chi connectivity index (χ0) is 16.2. The molecule has 21 heavy (non-hydrogen) atoms. The summed E-state index contributed by atoms with van der Waals surface area (Å²) in [5, 5.41) is 2.50. The van der Waals surface area contributed by atoms with Crippen molar-refractivity contribution in [1.82, 2.24) is 15.2 Å². The molecule has 0 aliphatic rings. The van der Waals surface area contributed by atoms with Crippen LogP contribution >= 0.6 is 0 Å². The summed E-state index contributed by atoms with van der Waals surface area (Å²) in [4.78, 5) is 27.9. The first kappa shape index (κ1) is 17.1. The molecule has 1 aromatic rings. The number of rotatable bonds is 4. The van der Waals surface area contributed by atoms with Gasteiger partial charge in [-0.25, -0.2) is 18.1 Å². The topological polar surface area (TPSA) is 96.4 Å². The van der Waals surface area contributed by atoms with E-state index in [9.17, 15) is 18.0 Å². The summed E-state index contributed by atoms with van der Waals surface area (Å²) in [6.45, 7) is 6.21. The van der Waals surface area contributed by atoms with E-state index in [1.165, 1.54) is 12.4 Å². The van der Waals surface area contributed by atoms with Crippen molar-refractivity contribution in [2.45, 2.75) is 38.6 Å². The molecule has 1 aromatic heterocycles. The summed E-state index contributed by atoms with van der Waals surface area (Å²) in [6.07, 6.45) is 2.69. The quantitative estimate of drug-likeness (QED) is 0.897. The van der Waals surface area contributed by atoms with Crippen LogP contribution in [-0.2, 0) is 14.6 Å². The van der Waals surface area contributed by atoms with Gasteiger partial charge in [-0.15, -0.1) is 0 Å². The third kappa shape index (κ3) is 4.52. The zero-order valence-corrected chi connectivity index (χ0v) is 13.3. The largest absolute Gasteiger partial charge is 0.335 e. The van der Waals surface area contributed by atoms with E-state index in [-0.39, 0.29) is 10.9 Å². The first-order valence-electron chi connectivity index (χ1n) is 6.37. The molecule has 0 radical (unpaired) electrons. The van der Waals surface area contributed by atoms with Crippen LogP contribution in [0.15, 0.2) is 23.4 Å². The Morgan fingerprint density at radius 2 is 2.00 bits per heavy atom. The lowest BCUT2D eigenvalue weighted by atomic mass is 10.3. The van der Waals surface area contributed by atoms with E-state index in [4.69, 9.17) is 0 Å².